The minimum atomic E-state index is -4.32. The van der Waals surface area contributed by atoms with Crippen LogP contribution < -0.4 is 5.73 Å². The van der Waals surface area contributed by atoms with E-state index in [9.17, 15) is 13.2 Å². The molecule has 2 nitrogen and oxygen atoms in total. The fraction of sp³-hybridized carbons (Fsp3) is 0.118. The summed E-state index contributed by atoms with van der Waals surface area (Å²) in [5.74, 6) is 0. The van der Waals surface area contributed by atoms with Gasteiger partial charge in [0, 0.05) is 16.9 Å². The van der Waals surface area contributed by atoms with Gasteiger partial charge in [-0.3, -0.25) is 0 Å². The number of halogens is 3. The first kappa shape index (κ1) is 14.3. The van der Waals surface area contributed by atoms with E-state index >= 15 is 0 Å². The molecular formula is C17H11F3N2S. The van der Waals surface area contributed by atoms with Gasteiger partial charge in [0.15, 0.2) is 5.13 Å². The molecule has 0 spiro atoms. The molecule has 0 unspecified atom stereocenters. The molecule has 116 valence electrons. The van der Waals surface area contributed by atoms with E-state index in [2.05, 4.69) is 4.98 Å². The number of alkyl halides is 3. The van der Waals surface area contributed by atoms with Crippen LogP contribution in [-0.4, -0.2) is 4.98 Å². The second-order valence-electron chi connectivity index (χ2n) is 5.45. The number of fused-ring (bicyclic) bond motifs is 3. The average Bonchev–Trinajstić information content (AvgIpc) is 3.02. The Hall–Kier alpha value is -2.34. The summed E-state index contributed by atoms with van der Waals surface area (Å²) in [7, 11) is 0. The maximum absolute atomic E-state index is 12.7. The maximum Gasteiger partial charge on any atom is 0.416 e. The molecule has 1 heterocycles. The molecule has 0 atom stereocenters. The summed E-state index contributed by atoms with van der Waals surface area (Å²) >= 11 is 1.48. The average molecular weight is 332 g/mol. The number of aromatic nitrogens is 1. The lowest BCUT2D eigenvalue weighted by molar-refractivity contribution is -0.137. The van der Waals surface area contributed by atoms with Crippen LogP contribution in [0.1, 0.15) is 16.0 Å². The van der Waals surface area contributed by atoms with Crippen molar-refractivity contribution in [2.45, 2.75) is 12.6 Å². The first-order chi connectivity index (χ1) is 10.9. The number of nitrogen functional groups attached to an aromatic ring is 1. The molecule has 4 rings (SSSR count). The predicted octanol–water partition coefficient (Wildman–Crippen LogP) is 4.98. The molecule has 0 fully saturated rings. The molecule has 1 aliphatic carbocycles. The number of hydrogen-bond donors (Lipinski definition) is 1. The van der Waals surface area contributed by atoms with Crippen LogP contribution in [0, 0.1) is 0 Å². The van der Waals surface area contributed by atoms with Gasteiger partial charge in [-0.05, 0) is 34.9 Å². The van der Waals surface area contributed by atoms with Gasteiger partial charge in [-0.15, -0.1) is 11.3 Å². The van der Waals surface area contributed by atoms with Gasteiger partial charge in [0.25, 0.3) is 0 Å². The lowest BCUT2D eigenvalue weighted by Gasteiger charge is -2.09. The third-order valence-corrected chi connectivity index (χ3v) is 4.86. The Morgan fingerprint density at radius 2 is 1.70 bits per heavy atom. The quantitative estimate of drug-likeness (QED) is 0.534. The van der Waals surface area contributed by atoms with Crippen LogP contribution in [0.15, 0.2) is 42.5 Å². The van der Waals surface area contributed by atoms with E-state index in [-0.39, 0.29) is 0 Å². The molecule has 6 heteroatoms. The van der Waals surface area contributed by atoms with Gasteiger partial charge in [0.05, 0.1) is 11.3 Å². The van der Waals surface area contributed by atoms with Gasteiger partial charge >= 0.3 is 6.18 Å². The van der Waals surface area contributed by atoms with Crippen molar-refractivity contribution in [1.29, 1.82) is 0 Å². The van der Waals surface area contributed by atoms with Crippen molar-refractivity contribution in [2.24, 2.45) is 0 Å². The van der Waals surface area contributed by atoms with E-state index in [0.29, 0.717) is 5.13 Å². The van der Waals surface area contributed by atoms with Crippen molar-refractivity contribution >= 4 is 16.5 Å². The van der Waals surface area contributed by atoms with Crippen molar-refractivity contribution < 1.29 is 13.2 Å². The van der Waals surface area contributed by atoms with Crippen LogP contribution in [0.4, 0.5) is 18.3 Å². The first-order valence-electron chi connectivity index (χ1n) is 6.98. The minimum Gasteiger partial charge on any atom is -0.375 e. The number of rotatable bonds is 1. The van der Waals surface area contributed by atoms with E-state index < -0.39 is 11.7 Å². The lowest BCUT2D eigenvalue weighted by Crippen LogP contribution is -2.03. The minimum absolute atomic E-state index is 0.542. The van der Waals surface area contributed by atoms with Crippen LogP contribution in [0.2, 0.25) is 0 Å². The van der Waals surface area contributed by atoms with E-state index in [0.717, 1.165) is 45.8 Å². The Balaban J connectivity index is 1.75. The summed E-state index contributed by atoms with van der Waals surface area (Å²) in [6.07, 6.45) is -3.50. The van der Waals surface area contributed by atoms with Crippen LogP contribution in [0.5, 0.6) is 0 Å². The zero-order chi connectivity index (χ0) is 16.2. The number of hydrogen-bond acceptors (Lipinski definition) is 3. The van der Waals surface area contributed by atoms with E-state index in [1.165, 1.54) is 29.0 Å². The second-order valence-corrected chi connectivity index (χ2v) is 6.56. The fourth-order valence-electron chi connectivity index (χ4n) is 2.86. The molecule has 3 aromatic rings. The number of nitrogens with two attached hydrogens (primary N) is 1. The van der Waals surface area contributed by atoms with Crippen LogP contribution >= 0.6 is 11.3 Å². The summed E-state index contributed by atoms with van der Waals surface area (Å²) < 4.78 is 38.0. The Bertz CT molecular complexity index is 895. The standard InChI is InChI=1S/C17H11F3N2S/c18-17(19,20)12-5-3-9(4-6-12)10-1-2-11-8-14-15(13(11)7-10)22-16(21)23-14/h1-7H,8H2,(H2,21,22). The molecule has 0 aliphatic heterocycles. The summed E-state index contributed by atoms with van der Waals surface area (Å²) in [6.45, 7) is 0. The normalized spacial score (nSPS) is 13.0. The highest BCUT2D eigenvalue weighted by molar-refractivity contribution is 7.15. The molecule has 0 saturated carbocycles. The van der Waals surface area contributed by atoms with Crippen molar-refractivity contribution in [3.8, 4) is 22.4 Å². The van der Waals surface area contributed by atoms with Gasteiger partial charge < -0.3 is 5.73 Å². The summed E-state index contributed by atoms with van der Waals surface area (Å²) in [5.41, 5.74) is 9.83. The first-order valence-corrected chi connectivity index (χ1v) is 7.79. The summed E-state index contributed by atoms with van der Waals surface area (Å²) in [5, 5.41) is 0.542. The predicted molar refractivity (Wildman–Crippen MR) is 85.2 cm³/mol. The third-order valence-electron chi connectivity index (χ3n) is 3.98. The van der Waals surface area contributed by atoms with E-state index in [1.807, 2.05) is 18.2 Å². The monoisotopic (exact) mass is 332 g/mol. The SMILES string of the molecule is Nc1nc2c(s1)Cc1ccc(-c3ccc(C(F)(F)F)cc3)cc1-2. The Morgan fingerprint density at radius 1 is 1.00 bits per heavy atom. The molecule has 0 saturated heterocycles. The Labute approximate surface area is 134 Å². The largest absolute Gasteiger partial charge is 0.416 e. The molecule has 0 radical (unpaired) electrons. The second kappa shape index (κ2) is 4.83. The zero-order valence-electron chi connectivity index (χ0n) is 11.8. The molecular weight excluding hydrogens is 321 g/mol. The molecule has 2 N–H and O–H groups in total. The van der Waals surface area contributed by atoms with Gasteiger partial charge in [-0.1, -0.05) is 24.3 Å². The van der Waals surface area contributed by atoms with Crippen molar-refractivity contribution in [2.75, 3.05) is 5.73 Å². The molecule has 23 heavy (non-hydrogen) atoms. The highest BCUT2D eigenvalue weighted by Gasteiger charge is 2.30. The van der Waals surface area contributed by atoms with E-state index in [1.54, 1.807) is 0 Å². The van der Waals surface area contributed by atoms with Crippen LogP contribution in [0.25, 0.3) is 22.4 Å². The topological polar surface area (TPSA) is 38.9 Å². The molecule has 0 amide bonds. The van der Waals surface area contributed by atoms with Gasteiger partial charge in [0.1, 0.15) is 0 Å². The van der Waals surface area contributed by atoms with Crippen molar-refractivity contribution in [3.63, 3.8) is 0 Å². The molecule has 2 aromatic carbocycles. The van der Waals surface area contributed by atoms with Crippen LogP contribution in [0.3, 0.4) is 0 Å². The maximum atomic E-state index is 12.7. The Kier molecular flexibility index (Phi) is 2.99. The smallest absolute Gasteiger partial charge is 0.375 e. The number of anilines is 1. The lowest BCUT2D eigenvalue weighted by atomic mass is 9.99. The summed E-state index contributed by atoms with van der Waals surface area (Å²) in [6, 6.07) is 11.1. The molecule has 1 aliphatic rings. The van der Waals surface area contributed by atoms with Gasteiger partial charge in [-0.25, -0.2) is 4.98 Å². The zero-order valence-corrected chi connectivity index (χ0v) is 12.6. The summed E-state index contributed by atoms with van der Waals surface area (Å²) in [4.78, 5) is 5.50. The highest BCUT2D eigenvalue weighted by atomic mass is 32.1. The number of nitrogens with zero attached hydrogens (tertiary/aromatic N) is 1. The van der Waals surface area contributed by atoms with Gasteiger partial charge in [-0.2, -0.15) is 13.2 Å². The number of thiazole rings is 1. The van der Waals surface area contributed by atoms with Crippen LogP contribution in [-0.2, 0) is 12.6 Å². The third kappa shape index (κ3) is 2.39. The fourth-order valence-corrected chi connectivity index (χ4v) is 3.72. The Morgan fingerprint density at radius 3 is 2.39 bits per heavy atom. The number of benzene rings is 2. The highest BCUT2D eigenvalue weighted by Crippen LogP contribution is 2.42. The van der Waals surface area contributed by atoms with Crippen molar-refractivity contribution in [1.82, 2.24) is 4.98 Å². The van der Waals surface area contributed by atoms with Gasteiger partial charge in [0.2, 0.25) is 0 Å². The molecule has 1 aromatic heterocycles. The van der Waals surface area contributed by atoms with Crippen molar-refractivity contribution in [3.05, 3.63) is 58.5 Å². The van der Waals surface area contributed by atoms with E-state index in [4.69, 9.17) is 5.73 Å². The molecule has 0 bridgehead atoms.